The summed E-state index contributed by atoms with van der Waals surface area (Å²) in [6.45, 7) is 0.950. The van der Waals surface area contributed by atoms with Gasteiger partial charge in [-0.2, -0.15) is 0 Å². The molecule has 0 fully saturated rings. The minimum Gasteiger partial charge on any atom is -0.493 e. The van der Waals surface area contributed by atoms with Gasteiger partial charge in [0.05, 0.1) is 14.2 Å². The summed E-state index contributed by atoms with van der Waals surface area (Å²) in [5, 5.41) is 0. The Hall–Kier alpha value is -2.69. The number of hydrogen-bond donors (Lipinski definition) is 0. The molecule has 0 N–H and O–H groups in total. The summed E-state index contributed by atoms with van der Waals surface area (Å²) in [5.74, 6) is 2.94. The van der Waals surface area contributed by atoms with Crippen molar-refractivity contribution < 1.29 is 18.9 Å². The van der Waals surface area contributed by atoms with Crippen LogP contribution in [0.5, 0.6) is 23.0 Å². The quantitative estimate of drug-likeness (QED) is 0.770. The molecule has 119 valence electrons. The van der Waals surface area contributed by atoms with Crippen LogP contribution in [-0.4, -0.2) is 33.8 Å². The Balaban J connectivity index is 1.58. The van der Waals surface area contributed by atoms with Crippen LogP contribution in [0.25, 0.3) is 0 Å². The maximum Gasteiger partial charge on any atom is 0.231 e. The van der Waals surface area contributed by atoms with E-state index in [0.29, 0.717) is 18.0 Å². The normalized spacial score (nSPS) is 12.6. The van der Waals surface area contributed by atoms with E-state index in [9.17, 15) is 0 Å². The van der Waals surface area contributed by atoms with Crippen LogP contribution in [-0.2, 0) is 6.42 Å². The molecule has 1 aliphatic rings. The first kappa shape index (κ1) is 15.2. The van der Waals surface area contributed by atoms with Gasteiger partial charge in [0.2, 0.25) is 6.79 Å². The number of nitrogens with zero attached hydrogens (tertiary/aromatic N) is 1. The summed E-state index contributed by atoms with van der Waals surface area (Å²) in [6, 6.07) is 12.7. The third-order valence-electron chi connectivity index (χ3n) is 3.52. The van der Waals surface area contributed by atoms with Crippen LogP contribution >= 0.6 is 0 Å². The van der Waals surface area contributed by atoms with Crippen LogP contribution < -0.4 is 18.9 Å². The molecule has 0 spiro atoms. The number of hydrogen-bond acceptors (Lipinski definition) is 5. The van der Waals surface area contributed by atoms with E-state index >= 15 is 0 Å². The molecule has 0 aromatic heterocycles. The molecule has 0 atom stereocenters. The molecule has 2 aromatic carbocycles. The highest BCUT2D eigenvalue weighted by Crippen LogP contribution is 2.32. The van der Waals surface area contributed by atoms with Crippen molar-refractivity contribution in [2.45, 2.75) is 6.42 Å². The van der Waals surface area contributed by atoms with Gasteiger partial charge in [0.25, 0.3) is 0 Å². The van der Waals surface area contributed by atoms with Gasteiger partial charge in [-0.15, -0.1) is 0 Å². The molecule has 5 nitrogen and oxygen atoms in total. The zero-order chi connectivity index (χ0) is 16.1. The third kappa shape index (κ3) is 3.56. The van der Waals surface area contributed by atoms with Gasteiger partial charge in [0, 0.05) is 12.8 Å². The molecule has 3 rings (SSSR count). The van der Waals surface area contributed by atoms with Gasteiger partial charge in [-0.05, 0) is 53.9 Å². The van der Waals surface area contributed by atoms with Crippen LogP contribution in [0, 0.1) is 6.07 Å². The summed E-state index contributed by atoms with van der Waals surface area (Å²) < 4.78 is 21.1. The van der Waals surface area contributed by atoms with Gasteiger partial charge in [-0.1, -0.05) is 0 Å². The van der Waals surface area contributed by atoms with Crippen LogP contribution in [0.1, 0.15) is 11.1 Å². The zero-order valence-electron chi connectivity index (χ0n) is 13.2. The number of fused-ring (bicyclic) bond motifs is 1. The maximum absolute atomic E-state index is 5.35. The van der Waals surface area contributed by atoms with Gasteiger partial charge in [-0.3, -0.25) is 4.99 Å². The monoisotopic (exact) mass is 312 g/mol. The SMILES string of the molecule is COc1c[c]c(CCN=Cc2ccc3c(c2)OCO3)cc1OC. The van der Waals surface area contributed by atoms with Crippen molar-refractivity contribution in [3.8, 4) is 23.0 Å². The maximum atomic E-state index is 5.35. The van der Waals surface area contributed by atoms with Crippen molar-refractivity contribution in [3.63, 3.8) is 0 Å². The lowest BCUT2D eigenvalue weighted by Gasteiger charge is -2.08. The van der Waals surface area contributed by atoms with E-state index < -0.39 is 0 Å². The number of ether oxygens (including phenoxy) is 4. The molecular formula is C18H18NO4. The Kier molecular flexibility index (Phi) is 4.66. The molecule has 0 bridgehead atoms. The van der Waals surface area contributed by atoms with Crippen LogP contribution in [0.2, 0.25) is 0 Å². The second-order valence-electron chi connectivity index (χ2n) is 4.99. The van der Waals surface area contributed by atoms with E-state index in [1.807, 2.05) is 30.5 Å². The summed E-state index contributed by atoms with van der Waals surface area (Å²) in [6.07, 6.45) is 2.62. The minimum absolute atomic E-state index is 0.283. The largest absolute Gasteiger partial charge is 0.493 e. The van der Waals surface area contributed by atoms with Gasteiger partial charge in [0.15, 0.2) is 23.0 Å². The van der Waals surface area contributed by atoms with Crippen molar-refractivity contribution in [3.05, 3.63) is 47.5 Å². The molecule has 0 amide bonds. The van der Waals surface area contributed by atoms with E-state index in [0.717, 1.165) is 29.0 Å². The highest BCUT2D eigenvalue weighted by molar-refractivity contribution is 5.81. The minimum atomic E-state index is 0.283. The molecule has 1 heterocycles. The fourth-order valence-electron chi connectivity index (χ4n) is 2.31. The van der Waals surface area contributed by atoms with E-state index in [4.69, 9.17) is 18.9 Å². The van der Waals surface area contributed by atoms with Crippen LogP contribution in [0.15, 0.2) is 35.3 Å². The Bertz CT molecular complexity index is 712. The second kappa shape index (κ2) is 7.05. The smallest absolute Gasteiger partial charge is 0.231 e. The second-order valence-corrected chi connectivity index (χ2v) is 4.99. The average Bonchev–Trinajstić information content (AvgIpc) is 3.06. The highest BCUT2D eigenvalue weighted by Gasteiger charge is 2.12. The van der Waals surface area contributed by atoms with Crippen LogP contribution in [0.3, 0.4) is 0 Å². The summed E-state index contributed by atoms with van der Waals surface area (Å²) in [5.41, 5.74) is 2.02. The van der Waals surface area contributed by atoms with Gasteiger partial charge < -0.3 is 18.9 Å². The topological polar surface area (TPSA) is 49.3 Å². The Morgan fingerprint density at radius 2 is 1.96 bits per heavy atom. The zero-order valence-corrected chi connectivity index (χ0v) is 13.2. The fourth-order valence-corrected chi connectivity index (χ4v) is 2.31. The third-order valence-corrected chi connectivity index (χ3v) is 3.52. The molecule has 0 unspecified atom stereocenters. The first-order valence-electron chi connectivity index (χ1n) is 7.32. The molecule has 23 heavy (non-hydrogen) atoms. The van der Waals surface area contributed by atoms with Gasteiger partial charge in [-0.25, -0.2) is 0 Å². The highest BCUT2D eigenvalue weighted by atomic mass is 16.7. The summed E-state index contributed by atoms with van der Waals surface area (Å²) in [7, 11) is 3.24. The lowest BCUT2D eigenvalue weighted by molar-refractivity contribution is 0.174. The Morgan fingerprint density at radius 3 is 2.78 bits per heavy atom. The number of benzene rings is 2. The lowest BCUT2D eigenvalue weighted by atomic mass is 10.1. The summed E-state index contributed by atoms with van der Waals surface area (Å²) in [4.78, 5) is 4.45. The molecule has 1 aliphatic heterocycles. The fraction of sp³-hybridized carbons (Fsp3) is 0.278. The lowest BCUT2D eigenvalue weighted by Crippen LogP contribution is -1.95. The molecule has 0 saturated carbocycles. The van der Waals surface area contributed by atoms with E-state index in [1.54, 1.807) is 20.3 Å². The molecular weight excluding hydrogens is 294 g/mol. The van der Waals surface area contributed by atoms with Gasteiger partial charge >= 0.3 is 0 Å². The van der Waals surface area contributed by atoms with Crippen molar-refractivity contribution in [2.75, 3.05) is 27.6 Å². The number of methoxy groups -OCH3 is 2. The van der Waals surface area contributed by atoms with Crippen molar-refractivity contribution in [1.29, 1.82) is 0 Å². The van der Waals surface area contributed by atoms with Gasteiger partial charge in [0.1, 0.15) is 0 Å². The van der Waals surface area contributed by atoms with Crippen LogP contribution in [0.4, 0.5) is 0 Å². The Labute approximate surface area is 135 Å². The Morgan fingerprint density at radius 1 is 1.13 bits per heavy atom. The standard InChI is InChI=1S/C18H18NO4/c1-20-15-5-3-13(9-17(15)21-2)7-8-19-11-14-4-6-16-18(10-14)23-12-22-16/h4-6,9-11H,7-8,12H2,1-2H3. The van der Waals surface area contributed by atoms with E-state index in [1.165, 1.54) is 0 Å². The molecule has 2 aromatic rings. The summed E-state index contributed by atoms with van der Waals surface area (Å²) >= 11 is 0. The predicted octanol–water partition coefficient (Wildman–Crippen LogP) is 2.89. The first-order valence-corrected chi connectivity index (χ1v) is 7.32. The van der Waals surface area contributed by atoms with Crippen molar-refractivity contribution in [2.24, 2.45) is 4.99 Å². The average molecular weight is 312 g/mol. The van der Waals surface area contributed by atoms with Crippen molar-refractivity contribution in [1.82, 2.24) is 0 Å². The molecule has 0 aliphatic carbocycles. The predicted molar refractivity (Wildman–Crippen MR) is 87.1 cm³/mol. The molecule has 1 radical (unpaired) electrons. The van der Waals surface area contributed by atoms with Crippen molar-refractivity contribution >= 4 is 6.21 Å². The number of aliphatic imine (C=N–C) groups is 1. The first-order chi connectivity index (χ1) is 11.3. The number of rotatable bonds is 6. The molecule has 0 saturated heterocycles. The van der Waals surface area contributed by atoms with E-state index in [-0.39, 0.29) is 6.79 Å². The molecule has 5 heteroatoms. The van der Waals surface area contributed by atoms with E-state index in [2.05, 4.69) is 11.1 Å².